The molecule has 0 aliphatic carbocycles. The number of carbonyl (C=O) groups is 1. The number of nitrogens with zero attached hydrogens (tertiary/aromatic N) is 2. The molecule has 0 aromatic carbocycles. The van der Waals surface area contributed by atoms with E-state index in [2.05, 4.69) is 36.3 Å². The lowest BCUT2D eigenvalue weighted by atomic mass is 9.97. The predicted octanol–water partition coefficient (Wildman–Crippen LogP) is 0.396. The first-order valence-electron chi connectivity index (χ1n) is 6.20. The number of hydrogen-bond donors (Lipinski definition) is 1. The second-order valence-electron chi connectivity index (χ2n) is 5.05. The van der Waals surface area contributed by atoms with Gasteiger partial charge in [-0.15, -0.1) is 0 Å². The normalized spacial score (nSPS) is 22.4. The molecule has 0 radical (unpaired) electrons. The summed E-state index contributed by atoms with van der Waals surface area (Å²) in [4.78, 5) is 16.2. The smallest absolute Gasteiger partial charge is 0.224 e. The van der Waals surface area contributed by atoms with Crippen LogP contribution in [0.4, 0.5) is 0 Å². The number of rotatable bonds is 5. The van der Waals surface area contributed by atoms with Gasteiger partial charge in [-0.05, 0) is 53.5 Å². The van der Waals surface area contributed by atoms with Crippen LogP contribution in [0, 0.1) is 5.92 Å². The molecule has 0 unspecified atom stereocenters. The van der Waals surface area contributed by atoms with E-state index < -0.39 is 0 Å². The van der Waals surface area contributed by atoms with Crippen LogP contribution in [-0.2, 0) is 4.79 Å². The van der Waals surface area contributed by atoms with Gasteiger partial charge in [0.15, 0.2) is 0 Å². The summed E-state index contributed by atoms with van der Waals surface area (Å²) in [5.41, 5.74) is 0. The summed E-state index contributed by atoms with van der Waals surface area (Å²) in [6.07, 6.45) is 3.22. The Morgan fingerprint density at radius 1 is 1.50 bits per heavy atom. The molecule has 0 aromatic heterocycles. The SMILES string of the molecule is CN(C)CCCNC(=O)[C@H]1CCCN(C)C1. The van der Waals surface area contributed by atoms with Crippen LogP contribution >= 0.6 is 0 Å². The van der Waals surface area contributed by atoms with Gasteiger partial charge >= 0.3 is 0 Å². The van der Waals surface area contributed by atoms with E-state index in [1.165, 1.54) is 0 Å². The molecule has 1 aliphatic heterocycles. The van der Waals surface area contributed by atoms with Crippen molar-refractivity contribution in [2.24, 2.45) is 5.92 Å². The molecule has 0 aromatic rings. The van der Waals surface area contributed by atoms with Crippen LogP contribution in [0.25, 0.3) is 0 Å². The van der Waals surface area contributed by atoms with E-state index >= 15 is 0 Å². The molecule has 1 rings (SSSR count). The fourth-order valence-electron chi connectivity index (χ4n) is 2.13. The van der Waals surface area contributed by atoms with Crippen LogP contribution in [0.5, 0.6) is 0 Å². The van der Waals surface area contributed by atoms with Crippen molar-refractivity contribution >= 4 is 5.91 Å². The molecule has 1 heterocycles. The highest BCUT2D eigenvalue weighted by molar-refractivity contribution is 5.78. The Hall–Kier alpha value is -0.610. The predicted molar refractivity (Wildman–Crippen MR) is 66.4 cm³/mol. The molecule has 0 spiro atoms. The standard InChI is InChI=1S/C12H25N3O/c1-14(2)8-5-7-13-12(16)11-6-4-9-15(3)10-11/h11H,4-10H2,1-3H3,(H,13,16)/t11-/m0/s1. The fourth-order valence-corrected chi connectivity index (χ4v) is 2.13. The number of carbonyl (C=O) groups excluding carboxylic acids is 1. The van der Waals surface area contributed by atoms with Crippen molar-refractivity contribution < 1.29 is 4.79 Å². The van der Waals surface area contributed by atoms with E-state index in [4.69, 9.17) is 0 Å². The molecule has 1 saturated heterocycles. The minimum atomic E-state index is 0.207. The van der Waals surface area contributed by atoms with Crippen LogP contribution in [0.1, 0.15) is 19.3 Å². The van der Waals surface area contributed by atoms with Crippen LogP contribution in [-0.4, -0.2) is 63.0 Å². The summed E-state index contributed by atoms with van der Waals surface area (Å²) in [7, 11) is 6.20. The minimum Gasteiger partial charge on any atom is -0.356 e. The Labute approximate surface area is 99.0 Å². The van der Waals surface area contributed by atoms with Gasteiger partial charge in [-0.1, -0.05) is 0 Å². The Morgan fingerprint density at radius 3 is 2.88 bits per heavy atom. The van der Waals surface area contributed by atoms with Gasteiger partial charge in [0.25, 0.3) is 0 Å². The van der Waals surface area contributed by atoms with E-state index in [0.717, 1.165) is 45.4 Å². The van der Waals surface area contributed by atoms with Gasteiger partial charge in [-0.2, -0.15) is 0 Å². The minimum absolute atomic E-state index is 0.207. The van der Waals surface area contributed by atoms with Crippen molar-refractivity contribution in [1.29, 1.82) is 0 Å². The maximum absolute atomic E-state index is 11.8. The molecule has 1 atom stereocenters. The van der Waals surface area contributed by atoms with E-state index in [9.17, 15) is 4.79 Å². The summed E-state index contributed by atoms with van der Waals surface area (Å²) in [5, 5.41) is 3.04. The van der Waals surface area contributed by atoms with Crippen molar-refractivity contribution in [3.63, 3.8) is 0 Å². The van der Waals surface area contributed by atoms with Crippen molar-refractivity contribution in [1.82, 2.24) is 15.1 Å². The number of hydrogen-bond acceptors (Lipinski definition) is 3. The highest BCUT2D eigenvalue weighted by Gasteiger charge is 2.23. The lowest BCUT2D eigenvalue weighted by Gasteiger charge is -2.28. The van der Waals surface area contributed by atoms with E-state index in [1.54, 1.807) is 0 Å². The average Bonchev–Trinajstić information content (AvgIpc) is 2.24. The third-order valence-electron chi connectivity index (χ3n) is 3.08. The zero-order valence-corrected chi connectivity index (χ0v) is 10.8. The molecular formula is C12H25N3O. The van der Waals surface area contributed by atoms with Crippen LogP contribution in [0.3, 0.4) is 0 Å². The fraction of sp³-hybridized carbons (Fsp3) is 0.917. The van der Waals surface area contributed by atoms with Gasteiger partial charge in [0, 0.05) is 13.1 Å². The first-order chi connectivity index (χ1) is 7.59. The van der Waals surface area contributed by atoms with Crippen molar-refractivity contribution in [2.75, 3.05) is 47.3 Å². The third kappa shape index (κ3) is 4.94. The van der Waals surface area contributed by atoms with Gasteiger partial charge in [0.1, 0.15) is 0 Å². The molecule has 16 heavy (non-hydrogen) atoms. The second-order valence-corrected chi connectivity index (χ2v) is 5.05. The van der Waals surface area contributed by atoms with Crippen molar-refractivity contribution in [3.8, 4) is 0 Å². The van der Waals surface area contributed by atoms with Gasteiger partial charge in [0.05, 0.1) is 5.92 Å². The molecule has 94 valence electrons. The van der Waals surface area contributed by atoms with Crippen molar-refractivity contribution in [3.05, 3.63) is 0 Å². The largest absolute Gasteiger partial charge is 0.356 e. The number of nitrogens with one attached hydrogen (secondary N) is 1. The Morgan fingerprint density at radius 2 is 2.25 bits per heavy atom. The molecule has 4 nitrogen and oxygen atoms in total. The van der Waals surface area contributed by atoms with E-state index in [-0.39, 0.29) is 11.8 Å². The topological polar surface area (TPSA) is 35.6 Å². The lowest BCUT2D eigenvalue weighted by molar-refractivity contribution is -0.126. The molecule has 4 heteroatoms. The molecule has 1 amide bonds. The van der Waals surface area contributed by atoms with Gasteiger partial charge in [0.2, 0.25) is 5.91 Å². The lowest BCUT2D eigenvalue weighted by Crippen LogP contribution is -2.41. The second kappa shape index (κ2) is 6.86. The Balaban J connectivity index is 2.14. The van der Waals surface area contributed by atoms with Crippen LogP contribution in [0.2, 0.25) is 0 Å². The van der Waals surface area contributed by atoms with Crippen LogP contribution < -0.4 is 5.32 Å². The highest BCUT2D eigenvalue weighted by atomic mass is 16.1. The maximum atomic E-state index is 11.8. The highest BCUT2D eigenvalue weighted by Crippen LogP contribution is 2.14. The molecule has 1 fully saturated rings. The summed E-state index contributed by atoms with van der Waals surface area (Å²) in [6.45, 7) is 3.88. The number of piperidine rings is 1. The van der Waals surface area contributed by atoms with Crippen molar-refractivity contribution in [2.45, 2.75) is 19.3 Å². The molecule has 1 N–H and O–H groups in total. The average molecular weight is 227 g/mol. The Bertz CT molecular complexity index is 218. The first kappa shape index (κ1) is 13.5. The molecule has 0 bridgehead atoms. The quantitative estimate of drug-likeness (QED) is 0.690. The maximum Gasteiger partial charge on any atom is 0.224 e. The summed E-state index contributed by atoms with van der Waals surface area (Å²) >= 11 is 0. The van der Waals surface area contributed by atoms with Gasteiger partial charge < -0.3 is 15.1 Å². The molecule has 1 aliphatic rings. The summed E-state index contributed by atoms with van der Waals surface area (Å²) < 4.78 is 0. The number of likely N-dealkylation sites (tertiary alicyclic amines) is 1. The van der Waals surface area contributed by atoms with Crippen LogP contribution in [0.15, 0.2) is 0 Å². The van der Waals surface area contributed by atoms with E-state index in [1.807, 2.05) is 0 Å². The van der Waals surface area contributed by atoms with E-state index in [0.29, 0.717) is 0 Å². The zero-order chi connectivity index (χ0) is 12.0. The zero-order valence-electron chi connectivity index (χ0n) is 10.8. The van der Waals surface area contributed by atoms with Gasteiger partial charge in [-0.3, -0.25) is 4.79 Å². The molecule has 0 saturated carbocycles. The first-order valence-corrected chi connectivity index (χ1v) is 6.20. The Kier molecular flexibility index (Phi) is 5.77. The van der Waals surface area contributed by atoms with Gasteiger partial charge in [-0.25, -0.2) is 0 Å². The third-order valence-corrected chi connectivity index (χ3v) is 3.08. The molecular weight excluding hydrogens is 202 g/mol. The number of amides is 1. The summed E-state index contributed by atoms with van der Waals surface area (Å²) in [5.74, 6) is 0.448. The monoisotopic (exact) mass is 227 g/mol. The summed E-state index contributed by atoms with van der Waals surface area (Å²) in [6, 6.07) is 0.